The molecule has 2 aromatic carbocycles. The van der Waals surface area contributed by atoms with E-state index in [9.17, 15) is 0 Å². The van der Waals surface area contributed by atoms with Gasteiger partial charge in [0, 0.05) is 11.3 Å². The summed E-state index contributed by atoms with van der Waals surface area (Å²) in [5.41, 5.74) is 3.59. The molecule has 0 bridgehead atoms. The van der Waals surface area contributed by atoms with E-state index in [-0.39, 0.29) is 17.4 Å². The molecule has 0 saturated heterocycles. The molecule has 3 heteroatoms. The molecule has 0 aliphatic carbocycles. The summed E-state index contributed by atoms with van der Waals surface area (Å²) in [6.45, 7) is 9.27. The fourth-order valence-corrected chi connectivity index (χ4v) is 3.12. The summed E-state index contributed by atoms with van der Waals surface area (Å²) in [5, 5.41) is 0. The van der Waals surface area contributed by atoms with Crippen LogP contribution in [0.2, 0.25) is 0 Å². The van der Waals surface area contributed by atoms with E-state index >= 15 is 0 Å². The molecule has 0 fully saturated rings. The van der Waals surface area contributed by atoms with E-state index in [0.29, 0.717) is 0 Å². The molecule has 0 unspecified atom stereocenters. The summed E-state index contributed by atoms with van der Waals surface area (Å²) in [7, 11) is 1.69. The molecule has 3 rings (SSSR count). The molecule has 0 radical (unpaired) electrons. The zero-order chi connectivity index (χ0) is 18.0. The summed E-state index contributed by atoms with van der Waals surface area (Å²) in [6, 6.07) is 16.9. The molecular weight excluding hydrogens is 310 g/mol. The third-order valence-electron chi connectivity index (χ3n) is 4.63. The first kappa shape index (κ1) is 17.5. The average molecular weight is 337 g/mol. The largest absolute Gasteiger partial charge is 0.497 e. The summed E-state index contributed by atoms with van der Waals surface area (Å²) in [5.74, 6) is 1.90. The molecule has 2 aromatic rings. The first-order valence-corrected chi connectivity index (χ1v) is 8.80. The first-order valence-electron chi connectivity index (χ1n) is 8.80. The normalized spacial score (nSPS) is 20.6. The Labute approximate surface area is 150 Å². The zero-order valence-corrected chi connectivity index (χ0v) is 15.7. The van der Waals surface area contributed by atoms with Crippen LogP contribution in [0.25, 0.3) is 0 Å². The Bertz CT molecular complexity index is 739. The molecule has 1 aliphatic heterocycles. The highest BCUT2D eigenvalue weighted by molar-refractivity contribution is 5.82. The fraction of sp³-hybridized carbons (Fsp3) is 0.409. The second-order valence-corrected chi connectivity index (χ2v) is 7.72. The number of nitrogens with zero attached hydrogens (tertiary/aromatic N) is 1. The Morgan fingerprint density at radius 2 is 1.56 bits per heavy atom. The number of hydrogen-bond acceptors (Lipinski definition) is 3. The average Bonchev–Trinajstić information content (AvgIpc) is 2.61. The second-order valence-electron chi connectivity index (χ2n) is 7.72. The third kappa shape index (κ3) is 3.87. The van der Waals surface area contributed by atoms with Gasteiger partial charge in [0.05, 0.1) is 13.7 Å². The Morgan fingerprint density at radius 3 is 2.12 bits per heavy atom. The highest BCUT2D eigenvalue weighted by Crippen LogP contribution is 2.40. The molecular formula is C22H27NO2. The second kappa shape index (κ2) is 6.91. The number of aryl methyl sites for hydroxylation is 1. The summed E-state index contributed by atoms with van der Waals surface area (Å²) >= 11 is 0. The van der Waals surface area contributed by atoms with Crippen LogP contribution in [0, 0.1) is 12.3 Å². The molecule has 0 spiro atoms. The zero-order valence-electron chi connectivity index (χ0n) is 15.7. The predicted molar refractivity (Wildman–Crippen MR) is 102 cm³/mol. The van der Waals surface area contributed by atoms with Crippen LogP contribution in [-0.2, 0) is 4.74 Å². The van der Waals surface area contributed by atoms with Crippen LogP contribution in [0.3, 0.4) is 0 Å². The molecule has 132 valence electrons. The number of aliphatic imine (C=N–C) groups is 1. The Kier molecular flexibility index (Phi) is 4.85. The highest BCUT2D eigenvalue weighted by atomic mass is 16.5. The van der Waals surface area contributed by atoms with Crippen molar-refractivity contribution in [3.8, 4) is 5.75 Å². The third-order valence-corrected chi connectivity index (χ3v) is 4.63. The maximum atomic E-state index is 6.42. The molecule has 0 amide bonds. The van der Waals surface area contributed by atoms with E-state index in [1.54, 1.807) is 7.11 Å². The van der Waals surface area contributed by atoms with E-state index in [1.807, 2.05) is 12.1 Å². The van der Waals surface area contributed by atoms with E-state index in [1.165, 1.54) is 16.7 Å². The van der Waals surface area contributed by atoms with Gasteiger partial charge in [0.2, 0.25) is 0 Å². The molecule has 2 atom stereocenters. The van der Waals surface area contributed by atoms with Gasteiger partial charge < -0.3 is 9.47 Å². The lowest BCUT2D eigenvalue weighted by molar-refractivity contribution is 0.123. The number of hydrogen-bond donors (Lipinski definition) is 0. The number of methoxy groups -OCH3 is 1. The summed E-state index contributed by atoms with van der Waals surface area (Å²) < 4.78 is 11.7. The van der Waals surface area contributed by atoms with Gasteiger partial charge in [-0.2, -0.15) is 0 Å². The van der Waals surface area contributed by atoms with Crippen LogP contribution < -0.4 is 4.74 Å². The van der Waals surface area contributed by atoms with Crippen LogP contribution in [0.4, 0.5) is 0 Å². The van der Waals surface area contributed by atoms with Gasteiger partial charge in [-0.1, -0.05) is 62.7 Å². The molecule has 1 aliphatic rings. The van der Waals surface area contributed by atoms with Crippen molar-refractivity contribution in [3.05, 3.63) is 65.2 Å². The van der Waals surface area contributed by atoms with E-state index in [2.05, 4.69) is 64.1 Å². The molecule has 1 heterocycles. The van der Waals surface area contributed by atoms with Gasteiger partial charge in [0.1, 0.15) is 11.9 Å². The van der Waals surface area contributed by atoms with Gasteiger partial charge in [-0.15, -0.1) is 0 Å². The van der Waals surface area contributed by atoms with Gasteiger partial charge in [0.25, 0.3) is 0 Å². The monoisotopic (exact) mass is 337 g/mol. The van der Waals surface area contributed by atoms with Gasteiger partial charge in [0.15, 0.2) is 5.90 Å². The molecule has 3 nitrogen and oxygen atoms in total. The predicted octanol–water partition coefficient (Wildman–Crippen LogP) is 5.30. The van der Waals surface area contributed by atoms with Crippen molar-refractivity contribution < 1.29 is 9.47 Å². The number of benzene rings is 2. The lowest BCUT2D eigenvalue weighted by Gasteiger charge is -2.36. The molecule has 25 heavy (non-hydrogen) atoms. The molecule has 0 saturated carbocycles. The Hall–Kier alpha value is -2.29. The summed E-state index contributed by atoms with van der Waals surface area (Å²) in [6.07, 6.45) is -0.0271. The Morgan fingerprint density at radius 1 is 0.960 bits per heavy atom. The maximum absolute atomic E-state index is 6.42. The van der Waals surface area contributed by atoms with Crippen molar-refractivity contribution in [2.24, 2.45) is 10.4 Å². The minimum atomic E-state index is -0.0895. The number of ether oxygens (including phenoxy) is 2. The Balaban J connectivity index is 1.98. The smallest absolute Gasteiger partial charge is 0.189 e. The molecule has 0 N–H and O–H groups in total. The van der Waals surface area contributed by atoms with E-state index < -0.39 is 0 Å². The number of rotatable bonds is 3. The van der Waals surface area contributed by atoms with Crippen molar-refractivity contribution in [2.45, 2.75) is 39.7 Å². The first-order chi connectivity index (χ1) is 11.9. The SMILES string of the molecule is COc1ccc([C@H]2CN=C(C(C)(C)C)O[C@@H]2c2ccc(C)cc2)cc1. The van der Waals surface area contributed by atoms with Crippen molar-refractivity contribution in [1.82, 2.24) is 0 Å². The summed E-state index contributed by atoms with van der Waals surface area (Å²) in [4.78, 5) is 4.76. The van der Waals surface area contributed by atoms with Gasteiger partial charge in [-0.05, 0) is 30.2 Å². The topological polar surface area (TPSA) is 30.8 Å². The van der Waals surface area contributed by atoms with Crippen molar-refractivity contribution in [2.75, 3.05) is 13.7 Å². The van der Waals surface area contributed by atoms with Crippen LogP contribution in [0.5, 0.6) is 5.75 Å². The lowest BCUT2D eigenvalue weighted by Crippen LogP contribution is -2.33. The standard InChI is InChI=1S/C22H27NO2/c1-15-6-8-17(9-7-15)20-19(14-23-21(25-20)22(2,3)4)16-10-12-18(24-5)13-11-16/h6-13,19-20H,14H2,1-5H3/t19-,20-/m1/s1. The minimum Gasteiger partial charge on any atom is -0.497 e. The van der Waals surface area contributed by atoms with Gasteiger partial charge in [-0.3, -0.25) is 4.99 Å². The minimum absolute atomic E-state index is 0.0271. The quantitative estimate of drug-likeness (QED) is 0.760. The van der Waals surface area contributed by atoms with Crippen LogP contribution in [-0.4, -0.2) is 19.6 Å². The fourth-order valence-electron chi connectivity index (χ4n) is 3.12. The highest BCUT2D eigenvalue weighted by Gasteiger charge is 2.35. The van der Waals surface area contributed by atoms with Crippen LogP contribution in [0.1, 0.15) is 49.5 Å². The van der Waals surface area contributed by atoms with Crippen molar-refractivity contribution in [1.29, 1.82) is 0 Å². The van der Waals surface area contributed by atoms with Gasteiger partial charge in [-0.25, -0.2) is 0 Å². The molecule has 0 aromatic heterocycles. The van der Waals surface area contributed by atoms with Gasteiger partial charge >= 0.3 is 0 Å². The van der Waals surface area contributed by atoms with E-state index in [0.717, 1.165) is 18.2 Å². The van der Waals surface area contributed by atoms with Crippen LogP contribution >= 0.6 is 0 Å². The lowest BCUT2D eigenvalue weighted by atomic mass is 9.86. The van der Waals surface area contributed by atoms with E-state index in [4.69, 9.17) is 14.5 Å². The van der Waals surface area contributed by atoms with Crippen molar-refractivity contribution >= 4 is 5.90 Å². The van der Waals surface area contributed by atoms with Crippen molar-refractivity contribution in [3.63, 3.8) is 0 Å². The maximum Gasteiger partial charge on any atom is 0.189 e. The van der Waals surface area contributed by atoms with Crippen LogP contribution in [0.15, 0.2) is 53.5 Å².